The first kappa shape index (κ1) is 24.3. The first-order valence-corrected chi connectivity index (χ1v) is 12.9. The van der Waals surface area contributed by atoms with Crippen molar-refractivity contribution in [3.05, 3.63) is 11.6 Å². The summed E-state index contributed by atoms with van der Waals surface area (Å²) in [5, 5.41) is 6.29. The van der Waals surface area contributed by atoms with Crippen LogP contribution in [0.1, 0.15) is 86.0 Å². The van der Waals surface area contributed by atoms with Crippen LogP contribution in [0, 0.1) is 34.5 Å². The van der Waals surface area contributed by atoms with E-state index in [1.54, 1.807) is 19.4 Å². The normalized spacial score (nSPS) is 40.4. The minimum atomic E-state index is -0.211. The van der Waals surface area contributed by atoms with Crippen LogP contribution in [0.25, 0.3) is 0 Å². The molecule has 0 bridgehead atoms. The fourth-order valence-electron chi connectivity index (χ4n) is 8.61. The number of allylic oxidation sites excluding steroid dienone is 1. The van der Waals surface area contributed by atoms with Gasteiger partial charge in [0.1, 0.15) is 0 Å². The molecule has 4 aliphatic rings. The molecule has 8 unspecified atom stereocenters. The van der Waals surface area contributed by atoms with Gasteiger partial charge in [-0.05, 0) is 87.4 Å². The van der Waals surface area contributed by atoms with Crippen molar-refractivity contribution in [1.29, 1.82) is 0 Å². The zero-order valence-corrected chi connectivity index (χ0v) is 21.0. The van der Waals surface area contributed by atoms with Crippen LogP contribution in [-0.2, 0) is 19.1 Å². The molecule has 33 heavy (non-hydrogen) atoms. The summed E-state index contributed by atoms with van der Waals surface area (Å²) >= 11 is 0. The van der Waals surface area contributed by atoms with Gasteiger partial charge < -0.3 is 15.4 Å². The van der Waals surface area contributed by atoms with Crippen LogP contribution < -0.4 is 10.6 Å². The van der Waals surface area contributed by atoms with Gasteiger partial charge in [-0.2, -0.15) is 0 Å². The Bertz CT molecular complexity index is 838. The van der Waals surface area contributed by atoms with E-state index in [9.17, 15) is 14.4 Å². The quantitative estimate of drug-likeness (QED) is 0.479. The Morgan fingerprint density at radius 3 is 2.48 bits per heavy atom. The third kappa shape index (κ3) is 4.35. The predicted octanol–water partition coefficient (Wildman–Crippen LogP) is 4.14. The third-order valence-electron chi connectivity index (χ3n) is 9.87. The Morgan fingerprint density at radius 1 is 1.06 bits per heavy atom. The first-order chi connectivity index (χ1) is 15.6. The van der Waals surface area contributed by atoms with Crippen molar-refractivity contribution in [3.8, 4) is 0 Å². The van der Waals surface area contributed by atoms with E-state index in [0.29, 0.717) is 30.3 Å². The maximum atomic E-state index is 11.8. The molecule has 3 saturated carbocycles. The number of fused-ring (bicyclic) bond motifs is 5. The molecule has 4 rings (SSSR count). The van der Waals surface area contributed by atoms with E-state index in [-0.39, 0.29) is 40.7 Å². The lowest BCUT2D eigenvalue weighted by atomic mass is 9.46. The molecule has 184 valence electrons. The van der Waals surface area contributed by atoms with Gasteiger partial charge in [0.25, 0.3) is 0 Å². The molecule has 0 radical (unpaired) electrons. The fourth-order valence-corrected chi connectivity index (χ4v) is 8.61. The van der Waals surface area contributed by atoms with Gasteiger partial charge in [-0.25, -0.2) is 0 Å². The van der Waals surface area contributed by atoms with E-state index in [1.807, 2.05) is 0 Å². The summed E-state index contributed by atoms with van der Waals surface area (Å²) in [7, 11) is 0. The Hall–Kier alpha value is -1.85. The molecule has 8 atom stereocenters. The van der Waals surface area contributed by atoms with Crippen LogP contribution in [0.2, 0.25) is 0 Å². The lowest BCUT2D eigenvalue weighted by Crippen LogP contribution is -2.55. The standard InChI is InChI=1S/C27H42N2O4/c1-16(28-17(2)30)23-8-9-25-22-7-6-20-14-21(29-18(3)31)10-12-26(20,5)24(22)11-13-27(23,25)15-33-19(4)32/h6,16,21-25H,7-15H2,1-5H3,(H,28,30)(H,29,31). The smallest absolute Gasteiger partial charge is 0.302 e. The van der Waals surface area contributed by atoms with Gasteiger partial charge in [0, 0.05) is 38.3 Å². The average Bonchev–Trinajstić information content (AvgIpc) is 3.12. The highest BCUT2D eigenvalue weighted by atomic mass is 16.5. The van der Waals surface area contributed by atoms with E-state index in [0.717, 1.165) is 51.4 Å². The second kappa shape index (κ2) is 9.07. The fraction of sp³-hybridized carbons (Fsp3) is 0.815. The summed E-state index contributed by atoms with van der Waals surface area (Å²) < 4.78 is 5.73. The highest BCUT2D eigenvalue weighted by Gasteiger charge is 2.61. The Kier molecular flexibility index (Phi) is 6.67. The summed E-state index contributed by atoms with van der Waals surface area (Å²) in [5.74, 6) is 1.94. The van der Waals surface area contributed by atoms with Gasteiger partial charge in [0.2, 0.25) is 11.8 Å². The molecule has 0 aromatic carbocycles. The highest BCUT2D eigenvalue weighted by molar-refractivity contribution is 5.73. The minimum Gasteiger partial charge on any atom is -0.465 e. The van der Waals surface area contributed by atoms with Gasteiger partial charge in [-0.3, -0.25) is 14.4 Å². The molecule has 2 amide bonds. The van der Waals surface area contributed by atoms with Crippen LogP contribution >= 0.6 is 0 Å². The number of hydrogen-bond donors (Lipinski definition) is 2. The molecule has 6 nitrogen and oxygen atoms in total. The number of amides is 2. The van der Waals surface area contributed by atoms with E-state index in [2.05, 4.69) is 30.6 Å². The van der Waals surface area contributed by atoms with Crippen molar-refractivity contribution >= 4 is 17.8 Å². The summed E-state index contributed by atoms with van der Waals surface area (Å²) in [6.45, 7) is 9.77. The first-order valence-electron chi connectivity index (χ1n) is 12.9. The Balaban J connectivity index is 1.60. The molecule has 0 spiro atoms. The number of rotatable bonds is 5. The molecule has 4 aliphatic carbocycles. The van der Waals surface area contributed by atoms with Gasteiger partial charge in [0.05, 0.1) is 6.61 Å². The average molecular weight is 459 g/mol. The summed E-state index contributed by atoms with van der Waals surface area (Å²) in [5.41, 5.74) is 1.69. The zero-order chi connectivity index (χ0) is 24.0. The van der Waals surface area contributed by atoms with E-state index in [4.69, 9.17) is 4.74 Å². The molecular weight excluding hydrogens is 416 g/mol. The number of carbonyl (C=O) groups is 3. The number of nitrogens with one attached hydrogen (secondary N) is 2. The van der Waals surface area contributed by atoms with Crippen LogP contribution in [0.3, 0.4) is 0 Å². The maximum Gasteiger partial charge on any atom is 0.302 e. The van der Waals surface area contributed by atoms with Gasteiger partial charge >= 0.3 is 5.97 Å². The molecule has 0 aliphatic heterocycles. The van der Waals surface area contributed by atoms with Crippen molar-refractivity contribution in [2.24, 2.45) is 34.5 Å². The summed E-state index contributed by atoms with van der Waals surface area (Å²) in [6.07, 6.45) is 11.1. The molecule has 0 heterocycles. The lowest BCUT2D eigenvalue weighted by molar-refractivity contribution is -0.153. The Labute approximate surface area is 198 Å². The highest BCUT2D eigenvalue weighted by Crippen LogP contribution is 2.66. The molecule has 3 fully saturated rings. The summed E-state index contributed by atoms with van der Waals surface area (Å²) in [4.78, 5) is 35.3. The molecule has 6 heteroatoms. The Morgan fingerprint density at radius 2 is 1.82 bits per heavy atom. The molecule has 0 saturated heterocycles. The predicted molar refractivity (Wildman–Crippen MR) is 127 cm³/mol. The molecule has 0 aromatic rings. The van der Waals surface area contributed by atoms with Crippen molar-refractivity contribution in [2.75, 3.05) is 6.61 Å². The third-order valence-corrected chi connectivity index (χ3v) is 9.87. The summed E-state index contributed by atoms with van der Waals surface area (Å²) in [6, 6.07) is 0.345. The van der Waals surface area contributed by atoms with E-state index >= 15 is 0 Å². The van der Waals surface area contributed by atoms with Crippen LogP contribution in [0.5, 0.6) is 0 Å². The molecular formula is C27H42N2O4. The number of hydrogen-bond acceptors (Lipinski definition) is 4. The van der Waals surface area contributed by atoms with Crippen molar-refractivity contribution < 1.29 is 19.1 Å². The lowest BCUT2D eigenvalue weighted by Gasteiger charge is -2.59. The van der Waals surface area contributed by atoms with Crippen LogP contribution in [-0.4, -0.2) is 36.5 Å². The number of esters is 1. The molecule has 2 N–H and O–H groups in total. The van der Waals surface area contributed by atoms with E-state index < -0.39 is 0 Å². The van der Waals surface area contributed by atoms with E-state index in [1.165, 1.54) is 6.92 Å². The van der Waals surface area contributed by atoms with Crippen molar-refractivity contribution in [1.82, 2.24) is 10.6 Å². The van der Waals surface area contributed by atoms with Crippen LogP contribution in [0.4, 0.5) is 0 Å². The number of ether oxygens (including phenoxy) is 1. The van der Waals surface area contributed by atoms with Crippen molar-refractivity contribution in [3.63, 3.8) is 0 Å². The second-order valence-electron chi connectivity index (χ2n) is 11.6. The van der Waals surface area contributed by atoms with Gasteiger partial charge in [0.15, 0.2) is 0 Å². The SMILES string of the molecule is CC(=O)NC1CCC2(C)C(=CCC3C2CCC2(COC(C)=O)C(C(C)NC(C)=O)CCC32)C1. The van der Waals surface area contributed by atoms with Gasteiger partial charge in [-0.15, -0.1) is 0 Å². The monoisotopic (exact) mass is 458 g/mol. The van der Waals surface area contributed by atoms with Gasteiger partial charge in [-0.1, -0.05) is 18.6 Å². The van der Waals surface area contributed by atoms with Crippen LogP contribution in [0.15, 0.2) is 11.6 Å². The zero-order valence-electron chi connectivity index (χ0n) is 21.0. The van der Waals surface area contributed by atoms with Crippen molar-refractivity contribution in [2.45, 2.75) is 98.1 Å². The topological polar surface area (TPSA) is 84.5 Å². The minimum absolute atomic E-state index is 0.0101. The maximum absolute atomic E-state index is 11.8. The second-order valence-corrected chi connectivity index (χ2v) is 11.6. The number of carbonyl (C=O) groups excluding carboxylic acids is 3. The molecule has 0 aromatic heterocycles. The largest absolute Gasteiger partial charge is 0.465 e.